The number of halogens is 3. The van der Waals surface area contributed by atoms with Gasteiger partial charge in [0.05, 0.1) is 11.6 Å². The molecule has 1 rings (SSSR count). The number of alkyl halides is 3. The van der Waals surface area contributed by atoms with E-state index in [4.69, 9.17) is 5.26 Å². The maximum absolute atomic E-state index is 12.8. The number of rotatable bonds is 2. The lowest BCUT2D eigenvalue weighted by Gasteiger charge is -2.28. The zero-order chi connectivity index (χ0) is 12.6. The summed E-state index contributed by atoms with van der Waals surface area (Å²) < 4.78 is 39.3. The fourth-order valence-electron chi connectivity index (χ4n) is 1.23. The highest BCUT2D eigenvalue weighted by atomic mass is 19.4. The molecule has 0 bridgehead atoms. The van der Waals surface area contributed by atoms with Gasteiger partial charge in [-0.15, -0.1) is 0 Å². The highest BCUT2D eigenvalue weighted by Gasteiger charge is 2.59. The van der Waals surface area contributed by atoms with Gasteiger partial charge in [0.15, 0.2) is 5.82 Å². The normalized spacial score (nSPS) is 15.2. The lowest BCUT2D eigenvalue weighted by atomic mass is 9.94. The van der Waals surface area contributed by atoms with Gasteiger partial charge in [-0.05, 0) is 0 Å². The van der Waals surface area contributed by atoms with Crippen LogP contribution < -0.4 is 0 Å². The smallest absolute Gasteiger partial charge is 0.369 e. The van der Waals surface area contributed by atoms with Gasteiger partial charge in [0.2, 0.25) is 0 Å². The highest BCUT2D eigenvalue weighted by molar-refractivity contribution is 5.34. The first-order valence-corrected chi connectivity index (χ1v) is 4.11. The summed E-state index contributed by atoms with van der Waals surface area (Å²) in [5, 5.41) is 18.1. The molecule has 0 fully saturated rings. The summed E-state index contributed by atoms with van der Waals surface area (Å²) in [5.74, 6) is -0.688. The summed E-state index contributed by atoms with van der Waals surface area (Å²) in [7, 11) is 1.28. The van der Waals surface area contributed by atoms with Gasteiger partial charge < -0.3 is 9.67 Å². The highest BCUT2D eigenvalue weighted by Crippen LogP contribution is 2.42. The molecule has 16 heavy (non-hydrogen) atoms. The topological polar surface area (TPSA) is 61.8 Å². The molecule has 7 heteroatoms. The third-order valence-corrected chi connectivity index (χ3v) is 2.13. The lowest BCUT2D eigenvalue weighted by molar-refractivity contribution is -0.251. The fraction of sp³-hybridized carbons (Fsp3) is 0.333. The molecule has 1 heterocycles. The van der Waals surface area contributed by atoms with Crippen LogP contribution in [0.25, 0.3) is 0 Å². The Hall–Kier alpha value is -1.81. The number of nitriles is 1. The molecule has 1 atom stereocenters. The van der Waals surface area contributed by atoms with Crippen LogP contribution in [0.3, 0.4) is 0 Å². The zero-order valence-corrected chi connectivity index (χ0v) is 8.28. The summed E-state index contributed by atoms with van der Waals surface area (Å²) in [6.45, 7) is 2.92. The van der Waals surface area contributed by atoms with Crippen molar-refractivity contribution >= 4 is 0 Å². The average Bonchev–Trinajstić information content (AvgIpc) is 2.60. The van der Waals surface area contributed by atoms with E-state index in [0.717, 1.165) is 10.8 Å². The largest absolute Gasteiger partial charge is 0.429 e. The quantitative estimate of drug-likeness (QED) is 0.779. The summed E-state index contributed by atoms with van der Waals surface area (Å²) in [5.41, 5.74) is -4.46. The van der Waals surface area contributed by atoms with Crippen LogP contribution in [-0.2, 0) is 12.6 Å². The van der Waals surface area contributed by atoms with Gasteiger partial charge in [-0.2, -0.15) is 18.4 Å². The van der Waals surface area contributed by atoms with Crippen molar-refractivity contribution < 1.29 is 18.3 Å². The number of imidazole rings is 1. The van der Waals surface area contributed by atoms with E-state index in [-0.39, 0.29) is 0 Å². The Morgan fingerprint density at radius 3 is 2.50 bits per heavy atom. The second-order valence-electron chi connectivity index (χ2n) is 3.16. The molecule has 0 saturated heterocycles. The molecule has 0 aliphatic carbocycles. The molecule has 1 N–H and O–H groups in total. The van der Waals surface area contributed by atoms with Crippen molar-refractivity contribution in [2.24, 2.45) is 7.05 Å². The Balaban J connectivity index is 3.45. The van der Waals surface area contributed by atoms with Gasteiger partial charge in [-0.3, -0.25) is 0 Å². The molecule has 86 valence electrons. The van der Waals surface area contributed by atoms with Gasteiger partial charge in [0.25, 0.3) is 5.60 Å². The van der Waals surface area contributed by atoms with Gasteiger partial charge >= 0.3 is 6.18 Å². The van der Waals surface area contributed by atoms with Crippen LogP contribution in [0.15, 0.2) is 24.5 Å². The first-order valence-electron chi connectivity index (χ1n) is 4.11. The Bertz CT molecular complexity index is 457. The van der Waals surface area contributed by atoms with Gasteiger partial charge in [0, 0.05) is 19.4 Å². The molecule has 0 amide bonds. The van der Waals surface area contributed by atoms with Crippen LogP contribution in [0.5, 0.6) is 0 Å². The summed E-state index contributed by atoms with van der Waals surface area (Å²) >= 11 is 0. The van der Waals surface area contributed by atoms with E-state index < -0.39 is 23.2 Å². The fourth-order valence-corrected chi connectivity index (χ4v) is 1.23. The maximum atomic E-state index is 12.8. The van der Waals surface area contributed by atoms with Crippen molar-refractivity contribution in [2.45, 2.75) is 11.8 Å². The van der Waals surface area contributed by atoms with Crippen molar-refractivity contribution in [3.63, 3.8) is 0 Å². The van der Waals surface area contributed by atoms with E-state index >= 15 is 0 Å². The molecular weight excluding hydrogens is 223 g/mol. The summed E-state index contributed by atoms with van der Waals surface area (Å²) in [6.07, 6.45) is -2.73. The predicted octanol–water partition coefficient (Wildman–Crippen LogP) is 1.25. The van der Waals surface area contributed by atoms with Crippen LogP contribution in [0.4, 0.5) is 13.2 Å². The predicted molar refractivity (Wildman–Crippen MR) is 47.9 cm³/mol. The number of nitrogens with zero attached hydrogens (tertiary/aromatic N) is 3. The molecule has 1 aromatic heterocycles. The molecule has 0 radical (unpaired) electrons. The minimum Gasteiger partial charge on any atom is -0.369 e. The lowest BCUT2D eigenvalue weighted by Crippen LogP contribution is -2.45. The van der Waals surface area contributed by atoms with E-state index in [1.54, 1.807) is 0 Å². The van der Waals surface area contributed by atoms with Gasteiger partial charge in [-0.25, -0.2) is 4.98 Å². The van der Waals surface area contributed by atoms with Crippen molar-refractivity contribution in [3.05, 3.63) is 30.4 Å². The zero-order valence-electron chi connectivity index (χ0n) is 8.28. The monoisotopic (exact) mass is 231 g/mol. The number of aryl methyl sites for hydroxylation is 1. The van der Waals surface area contributed by atoms with Crippen LogP contribution in [0.1, 0.15) is 5.82 Å². The Morgan fingerprint density at radius 2 is 2.19 bits per heavy atom. The molecule has 0 aromatic carbocycles. The minimum atomic E-state index is -5.06. The number of hydrogen-bond acceptors (Lipinski definition) is 3. The van der Waals surface area contributed by atoms with E-state index in [1.165, 1.54) is 19.3 Å². The van der Waals surface area contributed by atoms with Crippen LogP contribution in [0, 0.1) is 11.3 Å². The molecule has 0 saturated carbocycles. The third kappa shape index (κ3) is 1.57. The molecule has 0 spiro atoms. The van der Waals surface area contributed by atoms with E-state index in [0.29, 0.717) is 0 Å². The van der Waals surface area contributed by atoms with E-state index in [9.17, 15) is 18.3 Å². The van der Waals surface area contributed by atoms with Gasteiger partial charge in [0.1, 0.15) is 0 Å². The first kappa shape index (κ1) is 12.3. The minimum absolute atomic E-state index is 0.688. The standard InChI is InChI=1S/C9H8F3N3O/c1-6(5-13)8(16,9(10,11)12)7-14-3-4-15(7)2/h3-4,16H,1H2,2H3/t8-/m0/s1. The van der Waals surface area contributed by atoms with Crippen molar-refractivity contribution in [1.82, 2.24) is 9.55 Å². The van der Waals surface area contributed by atoms with E-state index in [1.807, 2.05) is 0 Å². The summed E-state index contributed by atoms with van der Waals surface area (Å²) in [4.78, 5) is 3.40. The Labute approximate surface area is 89.3 Å². The molecule has 4 nitrogen and oxygen atoms in total. The number of aromatic nitrogens is 2. The van der Waals surface area contributed by atoms with Gasteiger partial charge in [-0.1, -0.05) is 6.58 Å². The molecule has 0 aliphatic heterocycles. The average molecular weight is 231 g/mol. The SMILES string of the molecule is C=C(C#N)[C@](O)(c1nccn1C)C(F)(F)F. The van der Waals surface area contributed by atoms with Crippen molar-refractivity contribution in [1.29, 1.82) is 5.26 Å². The third-order valence-electron chi connectivity index (χ3n) is 2.13. The Kier molecular flexibility index (Phi) is 2.79. The first-order chi connectivity index (χ1) is 7.25. The molecular formula is C9H8F3N3O. The second-order valence-corrected chi connectivity index (χ2v) is 3.16. The molecule has 1 aromatic rings. The van der Waals surface area contributed by atoms with E-state index in [2.05, 4.69) is 11.6 Å². The molecule has 0 unspecified atom stereocenters. The number of aliphatic hydroxyl groups is 1. The maximum Gasteiger partial charge on any atom is 0.429 e. The van der Waals surface area contributed by atoms with Crippen LogP contribution >= 0.6 is 0 Å². The molecule has 0 aliphatic rings. The van der Waals surface area contributed by atoms with Crippen LogP contribution in [-0.4, -0.2) is 20.8 Å². The Morgan fingerprint density at radius 1 is 1.62 bits per heavy atom. The summed E-state index contributed by atoms with van der Waals surface area (Å²) in [6, 6.07) is 1.21. The van der Waals surface area contributed by atoms with Crippen molar-refractivity contribution in [3.8, 4) is 6.07 Å². The second kappa shape index (κ2) is 3.64. The number of hydrogen-bond donors (Lipinski definition) is 1. The van der Waals surface area contributed by atoms with Crippen molar-refractivity contribution in [2.75, 3.05) is 0 Å². The van der Waals surface area contributed by atoms with Crippen LogP contribution in [0.2, 0.25) is 0 Å².